The third kappa shape index (κ3) is 3.20. The highest BCUT2D eigenvalue weighted by atomic mass is 16.5. The van der Waals surface area contributed by atoms with Crippen molar-refractivity contribution in [3.05, 3.63) is 66.6 Å². The Morgan fingerprint density at radius 3 is 2.62 bits per heavy atom. The minimum atomic E-state index is 0.627. The Hall–Kier alpha value is -2.82. The molecule has 0 aliphatic rings. The number of benzene rings is 1. The van der Waals surface area contributed by atoms with Crippen molar-refractivity contribution < 1.29 is 4.74 Å². The number of anilines is 1. The molecule has 1 aromatic carbocycles. The van der Waals surface area contributed by atoms with Gasteiger partial charge in [0.15, 0.2) is 0 Å². The molecule has 0 bridgehead atoms. The maximum Gasteiger partial charge on any atom is 0.212 e. The van der Waals surface area contributed by atoms with Gasteiger partial charge in [-0.15, -0.1) is 0 Å². The largest absolute Gasteiger partial charge is 0.481 e. The van der Waals surface area contributed by atoms with Crippen LogP contribution < -0.4 is 10.1 Å². The molecule has 0 aliphatic carbocycles. The fraction of sp³-hybridized carbons (Fsp3) is 0.125. The normalized spacial score (nSPS) is 10.3. The molecule has 0 spiro atoms. The highest BCUT2D eigenvalue weighted by Crippen LogP contribution is 2.14. The third-order valence-corrected chi connectivity index (χ3v) is 3.14. The maximum atomic E-state index is 5.04. The topological polar surface area (TPSA) is 52.0 Å². The molecule has 2 heterocycles. The number of hydrogen-bond donors (Lipinski definition) is 1. The van der Waals surface area contributed by atoms with Crippen LogP contribution in [0.25, 0.3) is 5.69 Å². The van der Waals surface area contributed by atoms with Gasteiger partial charge in [0, 0.05) is 36.9 Å². The molecule has 3 rings (SSSR count). The first-order valence-corrected chi connectivity index (χ1v) is 6.68. The summed E-state index contributed by atoms with van der Waals surface area (Å²) in [5.74, 6) is 0.627. The Morgan fingerprint density at radius 2 is 2.00 bits per heavy atom. The van der Waals surface area contributed by atoms with Crippen LogP contribution in [0, 0.1) is 0 Å². The summed E-state index contributed by atoms with van der Waals surface area (Å²) < 4.78 is 6.87. The van der Waals surface area contributed by atoms with Gasteiger partial charge >= 0.3 is 0 Å². The standard InChI is InChI=1S/C16H16N4O/c1-21-16-8-3-13(12-18-16)11-17-14-4-6-15(7-5-14)20-10-2-9-19-20/h2-10,12,17H,11H2,1H3. The SMILES string of the molecule is COc1ccc(CNc2ccc(-n3cccn3)cc2)cn1. The van der Waals surface area contributed by atoms with Gasteiger partial charge in [-0.25, -0.2) is 9.67 Å². The molecule has 0 saturated heterocycles. The molecule has 0 aliphatic heterocycles. The number of pyridine rings is 1. The van der Waals surface area contributed by atoms with E-state index in [0.29, 0.717) is 5.88 Å². The van der Waals surface area contributed by atoms with E-state index in [9.17, 15) is 0 Å². The van der Waals surface area contributed by atoms with Crippen molar-refractivity contribution in [2.24, 2.45) is 0 Å². The van der Waals surface area contributed by atoms with Gasteiger partial charge in [0.2, 0.25) is 5.88 Å². The second kappa shape index (κ2) is 6.09. The average molecular weight is 280 g/mol. The summed E-state index contributed by atoms with van der Waals surface area (Å²) in [7, 11) is 1.61. The van der Waals surface area contributed by atoms with E-state index in [1.807, 2.05) is 59.5 Å². The smallest absolute Gasteiger partial charge is 0.212 e. The van der Waals surface area contributed by atoms with Crippen molar-refractivity contribution in [3.8, 4) is 11.6 Å². The molecule has 5 heteroatoms. The van der Waals surface area contributed by atoms with Crippen molar-refractivity contribution in [1.82, 2.24) is 14.8 Å². The van der Waals surface area contributed by atoms with E-state index in [1.54, 1.807) is 13.3 Å². The molecular formula is C16H16N4O. The molecule has 0 atom stereocenters. The second-order valence-electron chi connectivity index (χ2n) is 4.56. The van der Waals surface area contributed by atoms with Crippen molar-refractivity contribution in [3.63, 3.8) is 0 Å². The number of methoxy groups -OCH3 is 1. The Bertz CT molecular complexity index is 675. The summed E-state index contributed by atoms with van der Waals surface area (Å²) in [5, 5.41) is 7.56. The van der Waals surface area contributed by atoms with Gasteiger partial charge in [-0.2, -0.15) is 5.10 Å². The lowest BCUT2D eigenvalue weighted by Gasteiger charge is -2.08. The van der Waals surface area contributed by atoms with E-state index < -0.39 is 0 Å². The summed E-state index contributed by atoms with van der Waals surface area (Å²) >= 11 is 0. The summed E-state index contributed by atoms with van der Waals surface area (Å²) in [6, 6.07) is 13.9. The van der Waals surface area contributed by atoms with Crippen molar-refractivity contribution in [2.75, 3.05) is 12.4 Å². The van der Waals surface area contributed by atoms with Gasteiger partial charge in [0.25, 0.3) is 0 Å². The molecule has 0 unspecified atom stereocenters. The molecule has 0 amide bonds. The van der Waals surface area contributed by atoms with Gasteiger partial charge in [0.05, 0.1) is 12.8 Å². The van der Waals surface area contributed by atoms with E-state index >= 15 is 0 Å². The Labute approximate surface area is 123 Å². The van der Waals surface area contributed by atoms with Gasteiger partial charge in [-0.05, 0) is 35.9 Å². The summed E-state index contributed by atoms with van der Waals surface area (Å²) in [4.78, 5) is 4.18. The molecule has 2 aromatic heterocycles. The van der Waals surface area contributed by atoms with Crippen LogP contribution in [-0.2, 0) is 6.54 Å². The van der Waals surface area contributed by atoms with Crippen molar-refractivity contribution in [1.29, 1.82) is 0 Å². The number of nitrogens with zero attached hydrogens (tertiary/aromatic N) is 3. The lowest BCUT2D eigenvalue weighted by atomic mass is 10.2. The highest BCUT2D eigenvalue weighted by molar-refractivity contribution is 5.48. The zero-order valence-electron chi connectivity index (χ0n) is 11.7. The molecule has 5 nitrogen and oxygen atoms in total. The van der Waals surface area contributed by atoms with E-state index in [1.165, 1.54) is 0 Å². The van der Waals surface area contributed by atoms with Crippen LogP contribution in [0.4, 0.5) is 5.69 Å². The van der Waals surface area contributed by atoms with Crippen LogP contribution >= 0.6 is 0 Å². The molecule has 106 valence electrons. The minimum absolute atomic E-state index is 0.627. The zero-order valence-corrected chi connectivity index (χ0v) is 11.7. The number of aromatic nitrogens is 3. The van der Waals surface area contributed by atoms with Gasteiger partial charge in [-0.1, -0.05) is 6.07 Å². The quantitative estimate of drug-likeness (QED) is 0.780. The van der Waals surface area contributed by atoms with Crippen molar-refractivity contribution in [2.45, 2.75) is 6.54 Å². The number of hydrogen-bond acceptors (Lipinski definition) is 4. The predicted molar refractivity (Wildman–Crippen MR) is 81.7 cm³/mol. The number of rotatable bonds is 5. The highest BCUT2D eigenvalue weighted by Gasteiger charge is 1.98. The van der Waals surface area contributed by atoms with E-state index in [-0.39, 0.29) is 0 Å². The van der Waals surface area contributed by atoms with E-state index in [4.69, 9.17) is 4.74 Å². The van der Waals surface area contributed by atoms with Crippen LogP contribution in [0.2, 0.25) is 0 Å². The number of ether oxygens (including phenoxy) is 1. The van der Waals surface area contributed by atoms with Gasteiger partial charge < -0.3 is 10.1 Å². The van der Waals surface area contributed by atoms with Crippen LogP contribution in [0.5, 0.6) is 5.88 Å². The van der Waals surface area contributed by atoms with Crippen molar-refractivity contribution >= 4 is 5.69 Å². The van der Waals surface area contributed by atoms with E-state index in [0.717, 1.165) is 23.5 Å². The number of nitrogens with one attached hydrogen (secondary N) is 1. The molecule has 0 fully saturated rings. The fourth-order valence-electron chi connectivity index (χ4n) is 1.99. The summed E-state index contributed by atoms with van der Waals surface area (Å²) in [5.41, 5.74) is 3.20. The van der Waals surface area contributed by atoms with Gasteiger partial charge in [-0.3, -0.25) is 0 Å². The summed E-state index contributed by atoms with van der Waals surface area (Å²) in [6.45, 7) is 0.720. The summed E-state index contributed by atoms with van der Waals surface area (Å²) in [6.07, 6.45) is 5.50. The molecule has 0 radical (unpaired) electrons. The lowest BCUT2D eigenvalue weighted by Crippen LogP contribution is -2.01. The first-order valence-electron chi connectivity index (χ1n) is 6.68. The van der Waals surface area contributed by atoms with Crippen LogP contribution in [0.1, 0.15) is 5.56 Å². The Kier molecular flexibility index (Phi) is 3.82. The molecule has 1 N–H and O–H groups in total. The average Bonchev–Trinajstić information content (AvgIpc) is 3.08. The Balaban J connectivity index is 1.62. The predicted octanol–water partition coefficient (Wildman–Crippen LogP) is 2.89. The third-order valence-electron chi connectivity index (χ3n) is 3.14. The van der Waals surface area contributed by atoms with Crippen LogP contribution in [0.15, 0.2) is 61.1 Å². The second-order valence-corrected chi connectivity index (χ2v) is 4.56. The van der Waals surface area contributed by atoms with Crippen LogP contribution in [0.3, 0.4) is 0 Å². The lowest BCUT2D eigenvalue weighted by molar-refractivity contribution is 0.397. The Morgan fingerprint density at radius 1 is 1.14 bits per heavy atom. The molecular weight excluding hydrogens is 264 g/mol. The fourth-order valence-corrected chi connectivity index (χ4v) is 1.99. The first kappa shape index (κ1) is 13.2. The van der Waals surface area contributed by atoms with E-state index in [2.05, 4.69) is 15.4 Å². The zero-order chi connectivity index (χ0) is 14.5. The first-order chi connectivity index (χ1) is 10.3. The molecule has 3 aromatic rings. The minimum Gasteiger partial charge on any atom is -0.481 e. The van der Waals surface area contributed by atoms with Gasteiger partial charge in [0.1, 0.15) is 0 Å². The van der Waals surface area contributed by atoms with Crippen LogP contribution in [-0.4, -0.2) is 21.9 Å². The molecule has 0 saturated carbocycles. The molecule has 21 heavy (non-hydrogen) atoms. The monoisotopic (exact) mass is 280 g/mol. The maximum absolute atomic E-state index is 5.04.